The Labute approximate surface area is 179 Å². The Morgan fingerprint density at radius 3 is 2.61 bits per heavy atom. The molecule has 1 aliphatic rings. The molecule has 0 aliphatic carbocycles. The normalized spacial score (nSPS) is 15.7. The molecule has 0 spiro atoms. The quantitative estimate of drug-likeness (QED) is 0.703. The first kappa shape index (κ1) is 20.5. The summed E-state index contributed by atoms with van der Waals surface area (Å²) in [6.45, 7) is 2.87. The van der Waals surface area contributed by atoms with Gasteiger partial charge in [0.15, 0.2) is 0 Å². The van der Waals surface area contributed by atoms with E-state index in [2.05, 4.69) is 15.3 Å². The van der Waals surface area contributed by atoms with Gasteiger partial charge in [0, 0.05) is 50.2 Å². The number of benzene rings is 1. The van der Waals surface area contributed by atoms with Gasteiger partial charge in [0.25, 0.3) is 11.8 Å². The van der Waals surface area contributed by atoms with Crippen molar-refractivity contribution in [1.29, 1.82) is 0 Å². The van der Waals surface area contributed by atoms with Gasteiger partial charge >= 0.3 is 0 Å². The van der Waals surface area contributed by atoms with Crippen molar-refractivity contribution in [2.45, 2.75) is 19.3 Å². The molecule has 3 heterocycles. The Bertz CT molecular complexity index is 1190. The number of rotatable bonds is 4. The van der Waals surface area contributed by atoms with Gasteiger partial charge in [0.1, 0.15) is 5.82 Å². The molecule has 8 nitrogen and oxygen atoms in total. The molecule has 1 aliphatic heterocycles. The molecule has 0 radical (unpaired) electrons. The van der Waals surface area contributed by atoms with Crippen LogP contribution >= 0.6 is 0 Å². The van der Waals surface area contributed by atoms with Crippen LogP contribution in [0.5, 0.6) is 0 Å². The average molecular weight is 417 g/mol. The van der Waals surface area contributed by atoms with Crippen LogP contribution in [-0.4, -0.2) is 44.3 Å². The van der Waals surface area contributed by atoms with Crippen molar-refractivity contribution in [2.24, 2.45) is 7.05 Å². The molecule has 1 atom stereocenters. The van der Waals surface area contributed by atoms with Gasteiger partial charge in [-0.05, 0) is 31.5 Å². The van der Waals surface area contributed by atoms with Crippen molar-refractivity contribution >= 4 is 17.5 Å². The summed E-state index contributed by atoms with van der Waals surface area (Å²) >= 11 is 0. The van der Waals surface area contributed by atoms with E-state index in [1.54, 1.807) is 37.3 Å². The molecule has 3 aromatic rings. The number of nitrogens with one attached hydrogen (secondary N) is 1. The van der Waals surface area contributed by atoms with Crippen molar-refractivity contribution in [3.05, 3.63) is 87.9 Å². The SMILES string of the molecule is Cc1nc(C2CCN(C(=O)c3ccc(=O)n(C)c3)C2)ncc1C(=O)Nc1ccccc1. The fraction of sp³-hybridized carbons (Fsp3) is 0.261. The van der Waals surface area contributed by atoms with Gasteiger partial charge in [-0.1, -0.05) is 18.2 Å². The fourth-order valence-corrected chi connectivity index (χ4v) is 3.68. The molecule has 158 valence electrons. The molecule has 8 heteroatoms. The monoisotopic (exact) mass is 417 g/mol. The van der Waals surface area contributed by atoms with Gasteiger partial charge in [-0.25, -0.2) is 9.97 Å². The Kier molecular flexibility index (Phi) is 5.62. The number of aryl methyl sites for hydroxylation is 2. The summed E-state index contributed by atoms with van der Waals surface area (Å²) in [5.74, 6) is 0.257. The smallest absolute Gasteiger partial charge is 0.259 e. The lowest BCUT2D eigenvalue weighted by Crippen LogP contribution is -2.30. The lowest BCUT2D eigenvalue weighted by atomic mass is 10.1. The summed E-state index contributed by atoms with van der Waals surface area (Å²) in [6.07, 6.45) is 3.85. The third kappa shape index (κ3) is 4.37. The highest BCUT2D eigenvalue weighted by atomic mass is 16.2. The summed E-state index contributed by atoms with van der Waals surface area (Å²) in [6, 6.07) is 12.2. The number of anilines is 1. The number of nitrogens with zero attached hydrogens (tertiary/aromatic N) is 4. The minimum absolute atomic E-state index is 0.00131. The summed E-state index contributed by atoms with van der Waals surface area (Å²) in [5.41, 5.74) is 2.05. The molecule has 4 rings (SSSR count). The van der Waals surface area contributed by atoms with Crippen molar-refractivity contribution in [3.63, 3.8) is 0 Å². The summed E-state index contributed by atoms with van der Waals surface area (Å²) < 4.78 is 1.40. The van der Waals surface area contributed by atoms with Crippen LogP contribution in [0, 0.1) is 6.92 Å². The van der Waals surface area contributed by atoms with Gasteiger partial charge in [-0.2, -0.15) is 0 Å². The van der Waals surface area contributed by atoms with Crippen LogP contribution in [0.3, 0.4) is 0 Å². The highest BCUT2D eigenvalue weighted by Gasteiger charge is 2.30. The zero-order valence-electron chi connectivity index (χ0n) is 17.4. The minimum atomic E-state index is -0.256. The zero-order chi connectivity index (χ0) is 22.0. The second-order valence-corrected chi connectivity index (χ2v) is 7.65. The average Bonchev–Trinajstić information content (AvgIpc) is 3.26. The number of likely N-dealkylation sites (tertiary alicyclic amines) is 1. The third-order valence-corrected chi connectivity index (χ3v) is 5.45. The van der Waals surface area contributed by atoms with Gasteiger partial charge < -0.3 is 14.8 Å². The van der Waals surface area contributed by atoms with Gasteiger partial charge in [-0.3, -0.25) is 14.4 Å². The fourth-order valence-electron chi connectivity index (χ4n) is 3.68. The lowest BCUT2D eigenvalue weighted by molar-refractivity contribution is 0.0789. The molecule has 1 unspecified atom stereocenters. The number of hydrogen-bond acceptors (Lipinski definition) is 5. The number of carbonyl (C=O) groups is 2. The molecule has 0 saturated carbocycles. The van der Waals surface area contributed by atoms with Crippen LogP contribution in [0.2, 0.25) is 0 Å². The highest BCUT2D eigenvalue weighted by molar-refractivity contribution is 6.04. The molecule has 1 N–H and O–H groups in total. The Hall–Kier alpha value is -3.81. The van der Waals surface area contributed by atoms with Crippen LogP contribution in [0.1, 0.15) is 44.6 Å². The molecule has 2 aromatic heterocycles. The molecule has 1 saturated heterocycles. The zero-order valence-corrected chi connectivity index (χ0v) is 17.4. The van der Waals surface area contributed by atoms with Crippen LogP contribution in [0.15, 0.2) is 59.7 Å². The van der Waals surface area contributed by atoms with Gasteiger partial charge in [0.05, 0.1) is 16.8 Å². The summed E-state index contributed by atoms with van der Waals surface area (Å²) in [5, 5.41) is 2.84. The highest BCUT2D eigenvalue weighted by Crippen LogP contribution is 2.26. The second kappa shape index (κ2) is 8.51. The maximum Gasteiger partial charge on any atom is 0.259 e. The first-order chi connectivity index (χ1) is 14.9. The molecule has 1 aromatic carbocycles. The molecular formula is C23H23N5O3. The van der Waals surface area contributed by atoms with Gasteiger partial charge in [0.2, 0.25) is 5.56 Å². The number of carbonyl (C=O) groups excluding carboxylic acids is 2. The Balaban J connectivity index is 1.45. The summed E-state index contributed by atoms with van der Waals surface area (Å²) in [4.78, 5) is 47.6. The maximum absolute atomic E-state index is 12.8. The molecule has 31 heavy (non-hydrogen) atoms. The summed E-state index contributed by atoms with van der Waals surface area (Å²) in [7, 11) is 1.62. The van der Waals surface area contributed by atoms with E-state index in [1.807, 2.05) is 30.3 Å². The van der Waals surface area contributed by atoms with Crippen molar-refractivity contribution in [2.75, 3.05) is 18.4 Å². The number of pyridine rings is 1. The van der Waals surface area contributed by atoms with E-state index in [9.17, 15) is 14.4 Å². The number of amides is 2. The molecule has 2 amide bonds. The Morgan fingerprint density at radius 2 is 1.90 bits per heavy atom. The maximum atomic E-state index is 12.8. The topological polar surface area (TPSA) is 97.2 Å². The predicted octanol–water partition coefficient (Wildman–Crippen LogP) is 2.37. The molecule has 1 fully saturated rings. The van der Waals surface area contributed by atoms with E-state index < -0.39 is 0 Å². The van der Waals surface area contributed by atoms with Crippen molar-refractivity contribution in [1.82, 2.24) is 19.4 Å². The van der Waals surface area contributed by atoms with Crippen LogP contribution in [-0.2, 0) is 7.05 Å². The largest absolute Gasteiger partial charge is 0.338 e. The van der Waals surface area contributed by atoms with E-state index in [-0.39, 0.29) is 23.3 Å². The van der Waals surface area contributed by atoms with E-state index in [1.165, 1.54) is 10.6 Å². The molecular weight excluding hydrogens is 394 g/mol. The van der Waals surface area contributed by atoms with Crippen LogP contribution in [0.25, 0.3) is 0 Å². The Morgan fingerprint density at radius 1 is 1.13 bits per heavy atom. The van der Waals surface area contributed by atoms with Crippen molar-refractivity contribution in [3.8, 4) is 0 Å². The first-order valence-electron chi connectivity index (χ1n) is 10.1. The van der Waals surface area contributed by atoms with E-state index in [0.29, 0.717) is 41.4 Å². The first-order valence-corrected chi connectivity index (χ1v) is 10.1. The van der Waals surface area contributed by atoms with Gasteiger partial charge in [-0.15, -0.1) is 0 Å². The predicted molar refractivity (Wildman–Crippen MR) is 116 cm³/mol. The van der Waals surface area contributed by atoms with Crippen LogP contribution in [0.4, 0.5) is 5.69 Å². The lowest BCUT2D eigenvalue weighted by Gasteiger charge is -2.17. The second-order valence-electron chi connectivity index (χ2n) is 7.65. The number of hydrogen-bond donors (Lipinski definition) is 1. The van der Waals surface area contributed by atoms with E-state index in [4.69, 9.17) is 0 Å². The number of para-hydroxylation sites is 1. The standard InChI is InChI=1S/C23H23N5O3/c1-15-19(22(30)26-18-6-4-3-5-7-18)12-24-21(25-15)16-10-11-28(14-16)23(31)17-8-9-20(29)27(2)13-17/h3-9,12-13,16H,10-11,14H2,1-2H3,(H,26,30). The molecule has 0 bridgehead atoms. The van der Waals surface area contributed by atoms with Crippen molar-refractivity contribution < 1.29 is 9.59 Å². The van der Waals surface area contributed by atoms with Crippen LogP contribution < -0.4 is 10.9 Å². The van der Waals surface area contributed by atoms with E-state index in [0.717, 1.165) is 6.42 Å². The minimum Gasteiger partial charge on any atom is -0.338 e. The number of aromatic nitrogens is 3. The third-order valence-electron chi connectivity index (χ3n) is 5.45. The van der Waals surface area contributed by atoms with E-state index >= 15 is 0 Å².